The average molecular weight is 288 g/mol. The van der Waals surface area contributed by atoms with E-state index in [0.29, 0.717) is 0 Å². The molecule has 1 heterocycles. The summed E-state index contributed by atoms with van der Waals surface area (Å²) in [4.78, 5) is 3.56. The van der Waals surface area contributed by atoms with Gasteiger partial charge in [0.2, 0.25) is 0 Å². The highest BCUT2D eigenvalue weighted by Gasteiger charge is 2.20. The summed E-state index contributed by atoms with van der Waals surface area (Å²) in [6.45, 7) is 5.98. The van der Waals surface area contributed by atoms with E-state index in [9.17, 15) is 0 Å². The fourth-order valence-corrected chi connectivity index (χ4v) is 2.88. The topological polar surface area (TPSA) is 53.1 Å². The molecule has 0 spiro atoms. The van der Waals surface area contributed by atoms with E-state index in [1.165, 1.54) is 4.88 Å². The Hall–Kier alpha value is -0.580. The lowest BCUT2D eigenvalue weighted by atomic mass is 9.86. The van der Waals surface area contributed by atoms with Crippen LogP contribution in [0.1, 0.15) is 31.6 Å². The van der Waals surface area contributed by atoms with Crippen molar-refractivity contribution in [1.82, 2.24) is 4.90 Å². The summed E-state index contributed by atoms with van der Waals surface area (Å²) in [5.74, 6) is 0.273. The molecular formula is C13H22ClN3S. The Labute approximate surface area is 118 Å². The number of thiophene rings is 1. The minimum Gasteiger partial charge on any atom is -0.387 e. The summed E-state index contributed by atoms with van der Waals surface area (Å²) in [5, 5.41) is 7.52. The Morgan fingerprint density at radius 2 is 2.17 bits per heavy atom. The van der Waals surface area contributed by atoms with Gasteiger partial charge in [0.25, 0.3) is 0 Å². The van der Waals surface area contributed by atoms with Crippen LogP contribution in [0.2, 0.25) is 4.34 Å². The molecule has 0 aliphatic heterocycles. The zero-order valence-electron chi connectivity index (χ0n) is 11.3. The lowest BCUT2D eigenvalue weighted by molar-refractivity contribution is 0.302. The number of halogens is 1. The van der Waals surface area contributed by atoms with Gasteiger partial charge in [-0.3, -0.25) is 5.41 Å². The van der Waals surface area contributed by atoms with Gasteiger partial charge in [0, 0.05) is 16.8 Å². The molecule has 0 atom stereocenters. The second-order valence-electron chi connectivity index (χ2n) is 5.34. The lowest BCUT2D eigenvalue weighted by Crippen LogP contribution is -2.31. The van der Waals surface area contributed by atoms with Crippen molar-refractivity contribution in [1.29, 1.82) is 5.41 Å². The molecule has 3 N–H and O–H groups in total. The van der Waals surface area contributed by atoms with Crippen LogP contribution in [0.5, 0.6) is 0 Å². The number of amidine groups is 1. The zero-order valence-corrected chi connectivity index (χ0v) is 12.9. The second kappa shape index (κ2) is 6.55. The normalized spacial score (nSPS) is 12.1. The van der Waals surface area contributed by atoms with Gasteiger partial charge in [-0.2, -0.15) is 0 Å². The molecule has 0 radical (unpaired) electrons. The quantitative estimate of drug-likeness (QED) is 0.595. The molecule has 0 saturated heterocycles. The number of rotatable bonds is 7. The third kappa shape index (κ3) is 4.96. The summed E-state index contributed by atoms with van der Waals surface area (Å²) in [6.07, 6.45) is 1.99. The Bertz CT molecular complexity index is 401. The van der Waals surface area contributed by atoms with Gasteiger partial charge < -0.3 is 10.6 Å². The number of nitrogens with one attached hydrogen (secondary N) is 1. The molecule has 3 nitrogen and oxygen atoms in total. The van der Waals surface area contributed by atoms with Gasteiger partial charge in [0.1, 0.15) is 0 Å². The van der Waals surface area contributed by atoms with Crippen molar-refractivity contribution in [3.8, 4) is 0 Å². The van der Waals surface area contributed by atoms with E-state index in [1.807, 2.05) is 19.9 Å². The standard InChI is InChI=1S/C13H22ClN3S/c1-13(2,12(15)16)7-4-8-17(3)9-10-5-6-11(14)18-10/h5-6H,4,7-9H2,1-3H3,(H3,15,16). The van der Waals surface area contributed by atoms with Gasteiger partial charge in [-0.1, -0.05) is 25.4 Å². The minimum atomic E-state index is -0.187. The molecule has 18 heavy (non-hydrogen) atoms. The van der Waals surface area contributed by atoms with E-state index >= 15 is 0 Å². The first-order valence-corrected chi connectivity index (χ1v) is 7.28. The maximum absolute atomic E-state index is 7.52. The SMILES string of the molecule is CN(CCCC(C)(C)C(=N)N)Cc1ccc(Cl)s1. The molecule has 0 unspecified atom stereocenters. The molecular weight excluding hydrogens is 266 g/mol. The molecule has 0 fully saturated rings. The Morgan fingerprint density at radius 1 is 1.50 bits per heavy atom. The minimum absolute atomic E-state index is 0.187. The maximum Gasteiger partial charge on any atom is 0.0963 e. The molecule has 0 amide bonds. The summed E-state index contributed by atoms with van der Waals surface area (Å²) in [7, 11) is 2.11. The Morgan fingerprint density at radius 3 is 2.67 bits per heavy atom. The maximum atomic E-state index is 7.52. The van der Waals surface area contributed by atoms with Gasteiger partial charge in [0.05, 0.1) is 10.2 Å². The molecule has 0 saturated carbocycles. The van der Waals surface area contributed by atoms with Gasteiger partial charge in [0.15, 0.2) is 0 Å². The number of nitrogens with two attached hydrogens (primary N) is 1. The van der Waals surface area contributed by atoms with E-state index in [1.54, 1.807) is 11.3 Å². The summed E-state index contributed by atoms with van der Waals surface area (Å²) in [6, 6.07) is 4.01. The van der Waals surface area contributed by atoms with Crippen LogP contribution >= 0.6 is 22.9 Å². The third-order valence-electron chi connectivity index (χ3n) is 3.13. The first-order valence-electron chi connectivity index (χ1n) is 6.08. The van der Waals surface area contributed by atoms with Crippen LogP contribution in [-0.4, -0.2) is 24.3 Å². The van der Waals surface area contributed by atoms with Crippen molar-refractivity contribution >= 4 is 28.8 Å². The zero-order chi connectivity index (χ0) is 13.8. The van der Waals surface area contributed by atoms with Crippen LogP contribution in [0.25, 0.3) is 0 Å². The third-order valence-corrected chi connectivity index (χ3v) is 4.34. The summed E-state index contributed by atoms with van der Waals surface area (Å²) in [5.41, 5.74) is 5.38. The van der Waals surface area contributed by atoms with Crippen LogP contribution in [0.4, 0.5) is 0 Å². The molecule has 1 aromatic heterocycles. The van der Waals surface area contributed by atoms with Crippen LogP contribution in [-0.2, 0) is 6.54 Å². The van der Waals surface area contributed by atoms with Crippen LogP contribution in [0.3, 0.4) is 0 Å². The first kappa shape index (κ1) is 15.5. The number of hydrogen-bond acceptors (Lipinski definition) is 3. The highest BCUT2D eigenvalue weighted by Crippen LogP contribution is 2.24. The van der Waals surface area contributed by atoms with Gasteiger partial charge in [-0.05, 0) is 38.6 Å². The summed E-state index contributed by atoms with van der Waals surface area (Å²) >= 11 is 7.54. The van der Waals surface area contributed by atoms with Crippen molar-refractivity contribution in [3.63, 3.8) is 0 Å². The molecule has 0 aromatic carbocycles. The average Bonchev–Trinajstić information content (AvgIpc) is 2.63. The van der Waals surface area contributed by atoms with E-state index in [0.717, 1.165) is 30.3 Å². The highest BCUT2D eigenvalue weighted by molar-refractivity contribution is 7.16. The van der Waals surface area contributed by atoms with E-state index < -0.39 is 0 Å². The molecule has 0 bridgehead atoms. The molecule has 102 valence electrons. The van der Waals surface area contributed by atoms with Crippen molar-refractivity contribution in [3.05, 3.63) is 21.3 Å². The number of nitrogens with zero attached hydrogens (tertiary/aromatic N) is 1. The van der Waals surface area contributed by atoms with E-state index in [-0.39, 0.29) is 11.3 Å². The van der Waals surface area contributed by atoms with Gasteiger partial charge in [-0.25, -0.2) is 0 Å². The fourth-order valence-electron chi connectivity index (χ4n) is 1.71. The van der Waals surface area contributed by atoms with Crippen molar-refractivity contribution < 1.29 is 0 Å². The molecule has 5 heteroatoms. The fraction of sp³-hybridized carbons (Fsp3) is 0.615. The van der Waals surface area contributed by atoms with Crippen molar-refractivity contribution in [2.24, 2.45) is 11.1 Å². The summed E-state index contributed by atoms with van der Waals surface area (Å²) < 4.78 is 0.844. The largest absolute Gasteiger partial charge is 0.387 e. The van der Waals surface area contributed by atoms with Gasteiger partial charge >= 0.3 is 0 Å². The Balaban J connectivity index is 2.29. The second-order valence-corrected chi connectivity index (χ2v) is 7.14. The number of hydrogen-bond donors (Lipinski definition) is 2. The molecule has 1 rings (SSSR count). The first-order chi connectivity index (χ1) is 8.31. The predicted molar refractivity (Wildman–Crippen MR) is 80.6 cm³/mol. The Kier molecular flexibility index (Phi) is 5.63. The molecule has 0 aliphatic rings. The van der Waals surface area contributed by atoms with E-state index in [4.69, 9.17) is 22.7 Å². The lowest BCUT2D eigenvalue weighted by Gasteiger charge is -2.24. The van der Waals surface area contributed by atoms with Crippen molar-refractivity contribution in [2.45, 2.75) is 33.2 Å². The van der Waals surface area contributed by atoms with Crippen LogP contribution in [0, 0.1) is 10.8 Å². The smallest absolute Gasteiger partial charge is 0.0963 e. The monoisotopic (exact) mass is 287 g/mol. The highest BCUT2D eigenvalue weighted by atomic mass is 35.5. The van der Waals surface area contributed by atoms with Crippen LogP contribution < -0.4 is 5.73 Å². The molecule has 0 aliphatic carbocycles. The molecule has 1 aromatic rings. The predicted octanol–water partition coefficient (Wildman–Crippen LogP) is 3.58. The van der Waals surface area contributed by atoms with Gasteiger partial charge in [-0.15, -0.1) is 11.3 Å². The van der Waals surface area contributed by atoms with Crippen molar-refractivity contribution in [2.75, 3.05) is 13.6 Å². The van der Waals surface area contributed by atoms with Crippen LogP contribution in [0.15, 0.2) is 12.1 Å². The van der Waals surface area contributed by atoms with E-state index in [2.05, 4.69) is 18.0 Å².